The van der Waals surface area contributed by atoms with E-state index in [1.165, 1.54) is 22.3 Å². The zero-order valence-electron chi connectivity index (χ0n) is 17.0. The maximum Gasteiger partial charge on any atom is 0.410 e. The second-order valence-electron chi connectivity index (χ2n) is 9.57. The van der Waals surface area contributed by atoms with Gasteiger partial charge in [-0.25, -0.2) is 4.79 Å². The van der Waals surface area contributed by atoms with Crippen LogP contribution in [0.5, 0.6) is 0 Å². The van der Waals surface area contributed by atoms with E-state index in [9.17, 15) is 4.79 Å². The van der Waals surface area contributed by atoms with E-state index in [0.717, 1.165) is 6.42 Å². The lowest BCUT2D eigenvalue weighted by Gasteiger charge is -2.58. The summed E-state index contributed by atoms with van der Waals surface area (Å²) in [6.45, 7) is 11.2. The average Bonchev–Trinajstić information content (AvgIpc) is 2.91. The maximum absolute atomic E-state index is 13.0. The van der Waals surface area contributed by atoms with Gasteiger partial charge in [0.1, 0.15) is 6.61 Å². The van der Waals surface area contributed by atoms with Gasteiger partial charge in [-0.15, -0.1) is 0 Å². The molecule has 3 heteroatoms. The number of carbonyl (C=O) groups excluding carboxylic acids is 1. The topological polar surface area (TPSA) is 29.5 Å². The molecule has 1 amide bonds. The van der Waals surface area contributed by atoms with Gasteiger partial charge < -0.3 is 4.74 Å². The van der Waals surface area contributed by atoms with Gasteiger partial charge in [-0.2, -0.15) is 0 Å². The van der Waals surface area contributed by atoms with E-state index in [4.69, 9.17) is 4.74 Å². The first kappa shape index (κ1) is 18.1. The van der Waals surface area contributed by atoms with Crippen molar-refractivity contribution in [3.8, 4) is 11.1 Å². The van der Waals surface area contributed by atoms with Gasteiger partial charge in [0.25, 0.3) is 0 Å². The Bertz CT molecular complexity index is 832. The quantitative estimate of drug-likeness (QED) is 0.671. The number of rotatable bonds is 2. The Morgan fingerprint density at radius 1 is 1.04 bits per heavy atom. The molecule has 1 heterocycles. The van der Waals surface area contributed by atoms with Crippen LogP contribution in [-0.2, 0) is 4.74 Å². The van der Waals surface area contributed by atoms with Crippen molar-refractivity contribution in [1.29, 1.82) is 0 Å². The molecule has 3 nitrogen and oxygen atoms in total. The zero-order chi connectivity index (χ0) is 19.4. The van der Waals surface area contributed by atoms with Crippen molar-refractivity contribution in [3.05, 3.63) is 59.7 Å². The minimum atomic E-state index is -0.187. The van der Waals surface area contributed by atoms with Crippen LogP contribution < -0.4 is 0 Å². The van der Waals surface area contributed by atoms with E-state index >= 15 is 0 Å². The molecule has 0 radical (unpaired) electrons. The number of carbonyl (C=O) groups is 1. The minimum absolute atomic E-state index is 0.0566. The summed E-state index contributed by atoms with van der Waals surface area (Å²) in [6, 6.07) is 17.1. The number of nitrogens with zero attached hydrogens (tertiary/aromatic N) is 1. The van der Waals surface area contributed by atoms with Gasteiger partial charge in [0.05, 0.1) is 0 Å². The lowest BCUT2D eigenvalue weighted by atomic mass is 9.70. The molecule has 2 aromatic carbocycles. The van der Waals surface area contributed by atoms with Gasteiger partial charge in [-0.05, 0) is 47.9 Å². The van der Waals surface area contributed by atoms with E-state index in [2.05, 4.69) is 83.1 Å². The van der Waals surface area contributed by atoms with E-state index in [-0.39, 0.29) is 29.0 Å². The molecule has 1 fully saturated rings. The highest BCUT2D eigenvalue weighted by Crippen LogP contribution is 2.47. The summed E-state index contributed by atoms with van der Waals surface area (Å²) in [6.07, 6.45) is 0.828. The Morgan fingerprint density at radius 2 is 1.56 bits per heavy atom. The normalized spacial score (nSPS) is 20.6. The molecule has 0 N–H and O–H groups in total. The summed E-state index contributed by atoms with van der Waals surface area (Å²) in [7, 11) is 0. The second kappa shape index (κ2) is 6.12. The first-order valence-electron chi connectivity index (χ1n) is 9.84. The first-order valence-corrected chi connectivity index (χ1v) is 9.84. The second-order valence-corrected chi connectivity index (χ2v) is 9.57. The number of ether oxygens (including phenoxy) is 1. The molecular weight excluding hydrogens is 334 g/mol. The van der Waals surface area contributed by atoms with E-state index in [1.54, 1.807) is 0 Å². The van der Waals surface area contributed by atoms with Gasteiger partial charge in [0.2, 0.25) is 0 Å². The molecule has 2 aliphatic rings. The Labute approximate surface area is 162 Å². The van der Waals surface area contributed by atoms with Crippen LogP contribution in [0.3, 0.4) is 0 Å². The smallest absolute Gasteiger partial charge is 0.410 e. The third-order valence-corrected chi connectivity index (χ3v) is 6.19. The largest absolute Gasteiger partial charge is 0.448 e. The highest BCUT2D eigenvalue weighted by molar-refractivity contribution is 5.79. The standard InChI is InChI=1S/C24H29NO2/c1-23(2,3)21-14-24(4,5)25(21)22(26)27-15-20-18-12-8-6-10-16(18)17-11-7-9-13-19(17)20/h6-13,20-21H,14-15H2,1-5H3. The fourth-order valence-corrected chi connectivity index (χ4v) is 4.70. The van der Waals surface area contributed by atoms with Crippen molar-refractivity contribution in [3.63, 3.8) is 0 Å². The van der Waals surface area contributed by atoms with Crippen LogP contribution in [0.4, 0.5) is 4.79 Å². The van der Waals surface area contributed by atoms with Gasteiger partial charge in [0, 0.05) is 17.5 Å². The minimum Gasteiger partial charge on any atom is -0.448 e. The van der Waals surface area contributed by atoms with Crippen molar-refractivity contribution < 1.29 is 9.53 Å². The Balaban J connectivity index is 1.55. The highest BCUT2D eigenvalue weighted by Gasteiger charge is 2.53. The SMILES string of the molecule is CC(C)(C)C1CC(C)(C)N1C(=O)OCC1c2ccccc2-c2ccccc21. The zero-order valence-corrected chi connectivity index (χ0v) is 17.0. The van der Waals surface area contributed by atoms with Gasteiger partial charge in [0.15, 0.2) is 0 Å². The molecule has 0 aromatic heterocycles. The predicted molar refractivity (Wildman–Crippen MR) is 109 cm³/mol. The van der Waals surface area contributed by atoms with Crippen LogP contribution in [0.15, 0.2) is 48.5 Å². The molecule has 0 bridgehead atoms. The Kier molecular flexibility index (Phi) is 4.10. The van der Waals surface area contributed by atoms with Crippen LogP contribution in [0.1, 0.15) is 58.1 Å². The monoisotopic (exact) mass is 363 g/mol. The Morgan fingerprint density at radius 3 is 2.04 bits per heavy atom. The van der Waals surface area contributed by atoms with Crippen LogP contribution >= 0.6 is 0 Å². The molecule has 0 saturated carbocycles. The molecule has 2 aromatic rings. The number of amides is 1. The number of hydrogen-bond donors (Lipinski definition) is 0. The van der Waals surface area contributed by atoms with Crippen LogP contribution in [0.25, 0.3) is 11.1 Å². The van der Waals surface area contributed by atoms with Crippen molar-refractivity contribution in [1.82, 2.24) is 4.90 Å². The van der Waals surface area contributed by atoms with Gasteiger partial charge in [-0.3, -0.25) is 4.90 Å². The highest BCUT2D eigenvalue weighted by atomic mass is 16.6. The number of hydrogen-bond acceptors (Lipinski definition) is 2. The number of benzene rings is 2. The summed E-state index contributed by atoms with van der Waals surface area (Å²) >= 11 is 0. The molecular formula is C24H29NO2. The number of fused-ring (bicyclic) bond motifs is 3. The van der Waals surface area contributed by atoms with Crippen LogP contribution in [0.2, 0.25) is 0 Å². The van der Waals surface area contributed by atoms with Crippen molar-refractivity contribution in [2.24, 2.45) is 5.41 Å². The molecule has 1 saturated heterocycles. The molecule has 27 heavy (non-hydrogen) atoms. The molecule has 0 spiro atoms. The molecule has 1 atom stereocenters. The van der Waals surface area contributed by atoms with E-state index in [1.807, 2.05) is 4.90 Å². The lowest BCUT2D eigenvalue weighted by Crippen LogP contribution is -2.68. The summed E-state index contributed by atoms with van der Waals surface area (Å²) in [4.78, 5) is 14.9. The third kappa shape index (κ3) is 2.93. The summed E-state index contributed by atoms with van der Waals surface area (Å²) < 4.78 is 5.89. The molecule has 1 aliphatic heterocycles. The summed E-state index contributed by atoms with van der Waals surface area (Å²) in [5.74, 6) is 0.110. The molecule has 1 unspecified atom stereocenters. The summed E-state index contributed by atoms with van der Waals surface area (Å²) in [5.41, 5.74) is 4.93. The van der Waals surface area contributed by atoms with E-state index in [0.29, 0.717) is 6.61 Å². The van der Waals surface area contributed by atoms with Gasteiger partial charge in [-0.1, -0.05) is 69.3 Å². The van der Waals surface area contributed by atoms with Crippen LogP contribution in [0, 0.1) is 5.41 Å². The van der Waals surface area contributed by atoms with Crippen LogP contribution in [-0.4, -0.2) is 29.2 Å². The van der Waals surface area contributed by atoms with Crippen molar-refractivity contribution in [2.45, 2.75) is 58.5 Å². The Hall–Kier alpha value is -2.29. The molecule has 142 valence electrons. The summed E-state index contributed by atoms with van der Waals surface area (Å²) in [5, 5.41) is 0. The fourth-order valence-electron chi connectivity index (χ4n) is 4.70. The van der Waals surface area contributed by atoms with Gasteiger partial charge >= 0.3 is 6.09 Å². The predicted octanol–water partition coefficient (Wildman–Crippen LogP) is 5.83. The molecule has 4 rings (SSSR count). The maximum atomic E-state index is 13.0. The first-order chi connectivity index (χ1) is 12.7. The fraction of sp³-hybridized carbons (Fsp3) is 0.458. The third-order valence-electron chi connectivity index (χ3n) is 6.19. The van der Waals surface area contributed by atoms with E-state index < -0.39 is 0 Å². The number of likely N-dealkylation sites (tertiary alicyclic amines) is 1. The average molecular weight is 364 g/mol. The molecule has 1 aliphatic carbocycles. The van der Waals surface area contributed by atoms with Crippen molar-refractivity contribution >= 4 is 6.09 Å². The lowest BCUT2D eigenvalue weighted by molar-refractivity contribution is -0.0831. The van der Waals surface area contributed by atoms with Crippen molar-refractivity contribution in [2.75, 3.05) is 6.61 Å².